The molecule has 20 heavy (non-hydrogen) atoms. The summed E-state index contributed by atoms with van der Waals surface area (Å²) in [6.07, 6.45) is 1.83. The molecule has 1 aliphatic heterocycles. The highest BCUT2D eigenvalue weighted by atomic mass is 19.1. The molecule has 2 heterocycles. The van der Waals surface area contributed by atoms with Crippen molar-refractivity contribution in [1.82, 2.24) is 4.98 Å². The number of ether oxygens (including phenoxy) is 1. The number of hydrogen-bond acceptors (Lipinski definition) is 3. The van der Waals surface area contributed by atoms with E-state index in [9.17, 15) is 4.39 Å². The van der Waals surface area contributed by atoms with Crippen LogP contribution in [0, 0.1) is 12.7 Å². The van der Waals surface area contributed by atoms with Crippen molar-refractivity contribution in [3.05, 3.63) is 34.8 Å². The zero-order valence-electron chi connectivity index (χ0n) is 11.9. The van der Waals surface area contributed by atoms with E-state index in [-0.39, 0.29) is 5.82 Å². The molecule has 0 saturated carbocycles. The van der Waals surface area contributed by atoms with Gasteiger partial charge in [0.05, 0.1) is 30.1 Å². The second-order valence-electron chi connectivity index (χ2n) is 5.21. The van der Waals surface area contributed by atoms with Gasteiger partial charge in [-0.25, -0.2) is 4.39 Å². The Morgan fingerprint density at radius 1 is 1.40 bits per heavy atom. The molecule has 0 bridgehead atoms. The van der Waals surface area contributed by atoms with E-state index in [4.69, 9.17) is 4.74 Å². The first-order valence-electron chi connectivity index (χ1n) is 7.14. The summed E-state index contributed by atoms with van der Waals surface area (Å²) in [5.74, 6) is -0.196. The summed E-state index contributed by atoms with van der Waals surface area (Å²) >= 11 is 0. The average Bonchev–Trinajstić information content (AvgIpc) is 2.48. The van der Waals surface area contributed by atoms with Crippen LogP contribution in [0.4, 0.5) is 10.1 Å². The summed E-state index contributed by atoms with van der Waals surface area (Å²) in [6.45, 7) is 6.08. The molecule has 1 aromatic heterocycles. The summed E-state index contributed by atoms with van der Waals surface area (Å²) in [5, 5.41) is 4.46. The molecule has 0 fully saturated rings. The van der Waals surface area contributed by atoms with E-state index in [1.807, 2.05) is 6.07 Å². The van der Waals surface area contributed by atoms with Crippen LogP contribution in [-0.4, -0.2) is 18.1 Å². The zero-order valence-corrected chi connectivity index (χ0v) is 11.9. The van der Waals surface area contributed by atoms with Crippen LogP contribution in [0.2, 0.25) is 0 Å². The molecule has 1 N–H and O–H groups in total. The maximum absolute atomic E-state index is 13.8. The van der Waals surface area contributed by atoms with E-state index in [0.717, 1.165) is 47.2 Å². The van der Waals surface area contributed by atoms with Crippen molar-refractivity contribution in [1.29, 1.82) is 0 Å². The van der Waals surface area contributed by atoms with E-state index in [2.05, 4.69) is 17.2 Å². The molecule has 0 saturated heterocycles. The number of nitrogens with zero attached hydrogens (tertiary/aromatic N) is 1. The first-order chi connectivity index (χ1) is 9.72. The Morgan fingerprint density at radius 3 is 3.05 bits per heavy atom. The van der Waals surface area contributed by atoms with Crippen molar-refractivity contribution in [2.45, 2.75) is 33.3 Å². The predicted molar refractivity (Wildman–Crippen MR) is 78.6 cm³/mol. The monoisotopic (exact) mass is 274 g/mol. The number of nitrogens with one attached hydrogen (secondary N) is 1. The average molecular weight is 274 g/mol. The third-order valence-electron chi connectivity index (χ3n) is 3.81. The van der Waals surface area contributed by atoms with Crippen LogP contribution in [0.3, 0.4) is 0 Å². The Kier molecular flexibility index (Phi) is 3.57. The van der Waals surface area contributed by atoms with E-state index in [1.54, 1.807) is 6.92 Å². The molecule has 1 aliphatic rings. The van der Waals surface area contributed by atoms with Gasteiger partial charge in [0, 0.05) is 29.5 Å². The molecule has 0 spiro atoms. The number of fused-ring (bicyclic) bond motifs is 2. The summed E-state index contributed by atoms with van der Waals surface area (Å²) in [5.41, 5.74) is 4.62. The van der Waals surface area contributed by atoms with Gasteiger partial charge in [-0.05, 0) is 25.5 Å². The predicted octanol–water partition coefficient (Wildman–Crippen LogP) is 3.58. The highest BCUT2D eigenvalue weighted by Crippen LogP contribution is 2.33. The van der Waals surface area contributed by atoms with Crippen molar-refractivity contribution in [2.75, 3.05) is 18.5 Å². The van der Waals surface area contributed by atoms with Crippen LogP contribution in [0.15, 0.2) is 12.1 Å². The molecule has 2 aromatic rings. The number of rotatable bonds is 3. The minimum atomic E-state index is -0.196. The van der Waals surface area contributed by atoms with Gasteiger partial charge < -0.3 is 10.1 Å². The summed E-state index contributed by atoms with van der Waals surface area (Å²) in [4.78, 5) is 4.68. The lowest BCUT2D eigenvalue weighted by Gasteiger charge is -2.22. The van der Waals surface area contributed by atoms with Crippen LogP contribution >= 0.6 is 0 Å². The molecule has 0 unspecified atom stereocenters. The van der Waals surface area contributed by atoms with Crippen molar-refractivity contribution in [3.63, 3.8) is 0 Å². The summed E-state index contributed by atoms with van der Waals surface area (Å²) < 4.78 is 19.3. The molecule has 0 atom stereocenters. The van der Waals surface area contributed by atoms with Gasteiger partial charge in [-0.15, -0.1) is 0 Å². The summed E-state index contributed by atoms with van der Waals surface area (Å²) in [7, 11) is 0. The van der Waals surface area contributed by atoms with Crippen LogP contribution < -0.4 is 5.32 Å². The van der Waals surface area contributed by atoms with Crippen LogP contribution in [-0.2, 0) is 17.8 Å². The Balaban J connectivity index is 2.27. The normalized spacial score (nSPS) is 14.3. The fourth-order valence-corrected chi connectivity index (χ4v) is 2.69. The fourth-order valence-electron chi connectivity index (χ4n) is 2.69. The molecule has 4 heteroatoms. The second-order valence-corrected chi connectivity index (χ2v) is 5.21. The maximum Gasteiger partial charge on any atom is 0.128 e. The van der Waals surface area contributed by atoms with Gasteiger partial charge in [-0.3, -0.25) is 4.98 Å². The lowest BCUT2D eigenvalue weighted by Crippen LogP contribution is -2.16. The molecular weight excluding hydrogens is 255 g/mol. The SMILES string of the molecule is CCCNc1c2c(nc3c(C)c(F)ccc13)CCOC2. The number of pyridine rings is 1. The molecule has 3 rings (SSSR count). The van der Waals surface area contributed by atoms with Crippen molar-refractivity contribution < 1.29 is 9.13 Å². The number of aromatic nitrogens is 1. The standard InChI is InChI=1S/C16H19FN2O/c1-3-7-18-16-11-4-5-13(17)10(2)15(11)19-14-6-8-20-9-12(14)16/h4-5H,3,6-9H2,1-2H3,(H,18,19). The second kappa shape index (κ2) is 5.37. The number of aryl methyl sites for hydroxylation is 1. The molecule has 0 radical (unpaired) electrons. The van der Waals surface area contributed by atoms with Gasteiger partial charge >= 0.3 is 0 Å². The Hall–Kier alpha value is -1.68. The third-order valence-corrected chi connectivity index (χ3v) is 3.81. The molecule has 0 amide bonds. The molecule has 106 valence electrons. The smallest absolute Gasteiger partial charge is 0.128 e. The number of anilines is 1. The van der Waals surface area contributed by atoms with Crippen molar-refractivity contribution >= 4 is 16.6 Å². The third kappa shape index (κ3) is 2.14. The van der Waals surface area contributed by atoms with Crippen LogP contribution in [0.1, 0.15) is 30.2 Å². The lowest BCUT2D eigenvalue weighted by molar-refractivity contribution is 0.110. The largest absolute Gasteiger partial charge is 0.384 e. The Bertz CT molecular complexity index is 655. The first kappa shape index (κ1) is 13.3. The number of halogens is 1. The van der Waals surface area contributed by atoms with Crippen molar-refractivity contribution in [2.24, 2.45) is 0 Å². The zero-order chi connectivity index (χ0) is 14.1. The minimum absolute atomic E-state index is 0.196. The van der Waals surface area contributed by atoms with Gasteiger partial charge in [-0.2, -0.15) is 0 Å². The van der Waals surface area contributed by atoms with Crippen LogP contribution in [0.25, 0.3) is 10.9 Å². The lowest BCUT2D eigenvalue weighted by atomic mass is 10.0. The van der Waals surface area contributed by atoms with Gasteiger partial charge in [0.15, 0.2) is 0 Å². The van der Waals surface area contributed by atoms with Gasteiger partial charge in [0.2, 0.25) is 0 Å². The van der Waals surface area contributed by atoms with Crippen LogP contribution in [0.5, 0.6) is 0 Å². The summed E-state index contributed by atoms with van der Waals surface area (Å²) in [6, 6.07) is 3.34. The molecule has 3 nitrogen and oxygen atoms in total. The fraction of sp³-hybridized carbons (Fsp3) is 0.438. The Labute approximate surface area is 118 Å². The number of benzene rings is 1. The number of hydrogen-bond donors (Lipinski definition) is 1. The minimum Gasteiger partial charge on any atom is -0.384 e. The van der Waals surface area contributed by atoms with Crippen molar-refractivity contribution in [3.8, 4) is 0 Å². The van der Waals surface area contributed by atoms with Gasteiger partial charge in [-0.1, -0.05) is 6.92 Å². The first-order valence-corrected chi connectivity index (χ1v) is 7.14. The quantitative estimate of drug-likeness (QED) is 0.929. The highest BCUT2D eigenvalue weighted by Gasteiger charge is 2.19. The van der Waals surface area contributed by atoms with E-state index in [1.165, 1.54) is 6.07 Å². The molecular formula is C16H19FN2O. The topological polar surface area (TPSA) is 34.2 Å². The Morgan fingerprint density at radius 2 is 2.25 bits per heavy atom. The van der Waals surface area contributed by atoms with E-state index in [0.29, 0.717) is 18.8 Å². The van der Waals surface area contributed by atoms with Gasteiger partial charge in [0.1, 0.15) is 5.82 Å². The maximum atomic E-state index is 13.8. The van der Waals surface area contributed by atoms with E-state index >= 15 is 0 Å². The van der Waals surface area contributed by atoms with Gasteiger partial charge in [0.25, 0.3) is 0 Å². The van der Waals surface area contributed by atoms with E-state index < -0.39 is 0 Å². The molecule has 0 aliphatic carbocycles. The molecule has 1 aromatic carbocycles. The highest BCUT2D eigenvalue weighted by molar-refractivity contribution is 5.95.